The highest BCUT2D eigenvalue weighted by Gasteiger charge is 2.33. The highest BCUT2D eigenvalue weighted by molar-refractivity contribution is 5.77. The molecule has 2 nitrogen and oxygen atoms in total. The van der Waals surface area contributed by atoms with Crippen LogP contribution in [0.2, 0.25) is 0 Å². The quantitative estimate of drug-likeness (QED) is 0.779. The lowest BCUT2D eigenvalue weighted by Gasteiger charge is -2.22. The number of hydrogen-bond donors (Lipinski definition) is 0. The fourth-order valence-corrected chi connectivity index (χ4v) is 3.50. The molecule has 0 saturated heterocycles. The minimum atomic E-state index is -4.41. The van der Waals surface area contributed by atoms with E-state index in [9.17, 15) is 18.0 Å². The van der Waals surface area contributed by atoms with Crippen LogP contribution in [-0.4, -0.2) is 17.9 Å². The van der Waals surface area contributed by atoms with Crippen LogP contribution in [0.25, 0.3) is 0 Å². The van der Waals surface area contributed by atoms with Gasteiger partial charge in [-0.25, -0.2) is 0 Å². The summed E-state index contributed by atoms with van der Waals surface area (Å²) in [5.41, 5.74) is 1.91. The molecule has 2 aromatic carbocycles. The van der Waals surface area contributed by atoms with Gasteiger partial charge in [-0.05, 0) is 41.5 Å². The molecule has 1 atom stereocenters. The standard InChI is InChI=1S/C20H20F3NO/c1-24(13-16-7-3-5-9-18(16)20(21,22)23)19(25)12-15-11-10-14-6-2-4-8-17(14)15/h2-9,15H,10-13H2,1H3. The number of halogens is 3. The molecule has 0 spiro atoms. The van der Waals surface area contributed by atoms with Gasteiger partial charge in [0.1, 0.15) is 0 Å². The molecule has 1 aliphatic rings. The highest BCUT2D eigenvalue weighted by Crippen LogP contribution is 2.36. The predicted molar refractivity (Wildman–Crippen MR) is 90.0 cm³/mol. The SMILES string of the molecule is CN(Cc1ccccc1C(F)(F)F)C(=O)CC1CCc2ccccc21. The van der Waals surface area contributed by atoms with Crippen molar-refractivity contribution < 1.29 is 18.0 Å². The second-order valence-electron chi connectivity index (χ2n) is 6.54. The van der Waals surface area contributed by atoms with Crippen molar-refractivity contribution in [2.75, 3.05) is 7.05 Å². The van der Waals surface area contributed by atoms with Gasteiger partial charge >= 0.3 is 6.18 Å². The summed E-state index contributed by atoms with van der Waals surface area (Å²) in [6.07, 6.45) is -2.21. The number of aryl methyl sites for hydroxylation is 1. The number of rotatable bonds is 4. The third-order valence-corrected chi connectivity index (χ3v) is 4.83. The van der Waals surface area contributed by atoms with Gasteiger partial charge in [0.05, 0.1) is 5.56 Å². The van der Waals surface area contributed by atoms with E-state index in [0.717, 1.165) is 18.9 Å². The Kier molecular flexibility index (Phi) is 4.84. The lowest BCUT2D eigenvalue weighted by molar-refractivity contribution is -0.139. The highest BCUT2D eigenvalue weighted by atomic mass is 19.4. The topological polar surface area (TPSA) is 20.3 Å². The molecule has 0 heterocycles. The third kappa shape index (κ3) is 3.86. The van der Waals surface area contributed by atoms with Gasteiger partial charge in [0.2, 0.25) is 5.91 Å². The fraction of sp³-hybridized carbons (Fsp3) is 0.350. The molecule has 1 amide bonds. The summed E-state index contributed by atoms with van der Waals surface area (Å²) in [5.74, 6) is 0.0303. The smallest absolute Gasteiger partial charge is 0.341 e. The molecule has 0 N–H and O–H groups in total. The molecule has 0 radical (unpaired) electrons. The summed E-state index contributed by atoms with van der Waals surface area (Å²) in [7, 11) is 1.57. The Morgan fingerprint density at radius 1 is 1.12 bits per heavy atom. The van der Waals surface area contributed by atoms with Crippen LogP contribution in [0.5, 0.6) is 0 Å². The lowest BCUT2D eigenvalue weighted by atomic mass is 9.97. The van der Waals surface area contributed by atoms with Crippen molar-refractivity contribution >= 4 is 5.91 Å². The van der Waals surface area contributed by atoms with Crippen LogP contribution >= 0.6 is 0 Å². The normalized spacial score (nSPS) is 16.6. The zero-order valence-electron chi connectivity index (χ0n) is 14.0. The summed E-state index contributed by atoms with van der Waals surface area (Å²) in [6, 6.07) is 13.5. The van der Waals surface area contributed by atoms with Gasteiger partial charge in [-0.2, -0.15) is 13.2 Å². The summed E-state index contributed by atoms with van der Waals surface area (Å²) >= 11 is 0. The molecule has 2 aromatic rings. The number of carbonyl (C=O) groups is 1. The molecular weight excluding hydrogens is 327 g/mol. The van der Waals surface area contributed by atoms with E-state index in [1.807, 2.05) is 18.2 Å². The van der Waals surface area contributed by atoms with Crippen molar-refractivity contribution in [1.29, 1.82) is 0 Å². The van der Waals surface area contributed by atoms with Gasteiger partial charge < -0.3 is 4.90 Å². The first kappa shape index (κ1) is 17.5. The number of alkyl halides is 3. The summed E-state index contributed by atoms with van der Waals surface area (Å²) < 4.78 is 39.3. The Morgan fingerprint density at radius 2 is 1.80 bits per heavy atom. The van der Waals surface area contributed by atoms with Gasteiger partial charge in [0, 0.05) is 20.0 Å². The van der Waals surface area contributed by atoms with Crippen molar-refractivity contribution in [3.05, 3.63) is 70.8 Å². The van der Waals surface area contributed by atoms with Gasteiger partial charge in [-0.1, -0.05) is 42.5 Å². The van der Waals surface area contributed by atoms with Crippen LogP contribution in [0.15, 0.2) is 48.5 Å². The number of carbonyl (C=O) groups excluding carboxylic acids is 1. The van der Waals surface area contributed by atoms with E-state index >= 15 is 0 Å². The number of hydrogen-bond acceptors (Lipinski definition) is 1. The minimum absolute atomic E-state index is 0.0388. The van der Waals surface area contributed by atoms with E-state index in [-0.39, 0.29) is 23.9 Å². The van der Waals surface area contributed by atoms with E-state index in [1.165, 1.54) is 28.2 Å². The molecule has 25 heavy (non-hydrogen) atoms. The maximum Gasteiger partial charge on any atom is 0.416 e. The molecular formula is C20H20F3NO. The summed E-state index contributed by atoms with van der Waals surface area (Å²) in [6.45, 7) is -0.0388. The van der Waals surface area contributed by atoms with Crippen molar-refractivity contribution in [2.45, 2.75) is 37.9 Å². The zero-order chi connectivity index (χ0) is 18.0. The van der Waals surface area contributed by atoms with E-state index < -0.39 is 11.7 Å². The first-order valence-electron chi connectivity index (χ1n) is 8.33. The van der Waals surface area contributed by atoms with Crippen molar-refractivity contribution in [1.82, 2.24) is 4.90 Å². The van der Waals surface area contributed by atoms with Crippen LogP contribution in [0.3, 0.4) is 0 Å². The second-order valence-corrected chi connectivity index (χ2v) is 6.54. The Morgan fingerprint density at radius 3 is 2.56 bits per heavy atom. The first-order valence-corrected chi connectivity index (χ1v) is 8.33. The van der Waals surface area contributed by atoms with E-state index in [1.54, 1.807) is 13.1 Å². The number of nitrogens with zero attached hydrogens (tertiary/aromatic N) is 1. The molecule has 1 aliphatic carbocycles. The molecule has 3 rings (SSSR count). The first-order chi connectivity index (χ1) is 11.9. The van der Waals surface area contributed by atoms with E-state index in [2.05, 4.69) is 6.07 Å². The maximum absolute atomic E-state index is 13.1. The zero-order valence-corrected chi connectivity index (χ0v) is 14.0. The molecule has 0 fully saturated rings. The molecule has 0 aromatic heterocycles. The lowest BCUT2D eigenvalue weighted by Crippen LogP contribution is -2.28. The van der Waals surface area contributed by atoms with Gasteiger partial charge in [-0.15, -0.1) is 0 Å². The average Bonchev–Trinajstić information content (AvgIpc) is 2.97. The molecule has 5 heteroatoms. The van der Waals surface area contributed by atoms with Gasteiger partial charge in [0.15, 0.2) is 0 Å². The van der Waals surface area contributed by atoms with E-state index in [4.69, 9.17) is 0 Å². The molecule has 0 aliphatic heterocycles. The molecule has 1 unspecified atom stereocenters. The summed E-state index contributed by atoms with van der Waals surface area (Å²) in [5, 5.41) is 0. The maximum atomic E-state index is 13.1. The molecule has 0 saturated carbocycles. The Labute approximate surface area is 145 Å². The van der Waals surface area contributed by atoms with Crippen LogP contribution in [0.1, 0.15) is 41.0 Å². The minimum Gasteiger partial charge on any atom is -0.341 e. The van der Waals surface area contributed by atoms with Crippen LogP contribution in [-0.2, 0) is 23.9 Å². The van der Waals surface area contributed by atoms with Crippen LogP contribution < -0.4 is 0 Å². The molecule has 0 bridgehead atoms. The van der Waals surface area contributed by atoms with Crippen molar-refractivity contribution in [2.24, 2.45) is 0 Å². The molecule has 132 valence electrons. The Balaban J connectivity index is 1.69. The number of amides is 1. The third-order valence-electron chi connectivity index (χ3n) is 4.83. The van der Waals surface area contributed by atoms with E-state index in [0.29, 0.717) is 6.42 Å². The largest absolute Gasteiger partial charge is 0.416 e. The van der Waals surface area contributed by atoms with Crippen molar-refractivity contribution in [3.63, 3.8) is 0 Å². The van der Waals surface area contributed by atoms with Gasteiger partial charge in [-0.3, -0.25) is 4.79 Å². The Bertz CT molecular complexity index is 770. The number of fused-ring (bicyclic) bond motifs is 1. The number of benzene rings is 2. The average molecular weight is 347 g/mol. The van der Waals surface area contributed by atoms with Crippen LogP contribution in [0.4, 0.5) is 13.2 Å². The fourth-order valence-electron chi connectivity index (χ4n) is 3.50. The Hall–Kier alpha value is -2.30. The second kappa shape index (κ2) is 6.90. The summed E-state index contributed by atoms with van der Waals surface area (Å²) in [4.78, 5) is 13.9. The van der Waals surface area contributed by atoms with Crippen LogP contribution in [0, 0.1) is 0 Å². The predicted octanol–water partition coefficient (Wildman–Crippen LogP) is 4.78. The van der Waals surface area contributed by atoms with Crippen molar-refractivity contribution in [3.8, 4) is 0 Å². The van der Waals surface area contributed by atoms with Gasteiger partial charge in [0.25, 0.3) is 0 Å². The monoisotopic (exact) mass is 347 g/mol.